The van der Waals surface area contributed by atoms with Crippen LogP contribution in [0.2, 0.25) is 0 Å². The molecule has 1 fully saturated rings. The van der Waals surface area contributed by atoms with Crippen molar-refractivity contribution in [3.8, 4) is 11.8 Å². The first-order valence-corrected chi connectivity index (χ1v) is 7.19. The van der Waals surface area contributed by atoms with E-state index in [-0.39, 0.29) is 12.5 Å². The Hall–Kier alpha value is -2.55. The summed E-state index contributed by atoms with van der Waals surface area (Å²) in [7, 11) is 0. The van der Waals surface area contributed by atoms with E-state index in [0.717, 1.165) is 0 Å². The molecule has 2 unspecified atom stereocenters. The quantitative estimate of drug-likeness (QED) is 0.913. The number of carbonyl (C=O) groups is 2. The average Bonchev–Trinajstić information content (AvgIpc) is 2.54. The molecule has 1 N–H and O–H groups in total. The molecule has 0 spiro atoms. The minimum absolute atomic E-state index is 0.222. The van der Waals surface area contributed by atoms with Crippen molar-refractivity contribution in [1.29, 1.82) is 5.26 Å². The molecule has 0 radical (unpaired) electrons. The average molecular weight is 302 g/mol. The largest absolute Gasteiger partial charge is 0.481 e. The van der Waals surface area contributed by atoms with E-state index in [2.05, 4.69) is 0 Å². The molecule has 0 saturated carbocycles. The van der Waals surface area contributed by atoms with Gasteiger partial charge in [-0.3, -0.25) is 9.59 Å². The van der Waals surface area contributed by atoms with Crippen LogP contribution in [0.5, 0.6) is 5.75 Å². The van der Waals surface area contributed by atoms with E-state index in [0.29, 0.717) is 30.7 Å². The summed E-state index contributed by atoms with van der Waals surface area (Å²) in [5.41, 5.74) is 0.459. The lowest BCUT2D eigenvalue weighted by Crippen LogP contribution is -2.47. The summed E-state index contributed by atoms with van der Waals surface area (Å²) in [4.78, 5) is 25.0. The van der Waals surface area contributed by atoms with Crippen LogP contribution in [0.25, 0.3) is 0 Å². The summed E-state index contributed by atoms with van der Waals surface area (Å²) < 4.78 is 5.58. The van der Waals surface area contributed by atoms with E-state index in [1.165, 1.54) is 0 Å². The Morgan fingerprint density at radius 3 is 2.95 bits per heavy atom. The first-order valence-electron chi connectivity index (χ1n) is 7.19. The number of hydrogen-bond donors (Lipinski definition) is 1. The standard InChI is InChI=1S/C16H18N2O4/c1-11(22-14-6-2-4-12(8-14)9-17)15(19)18-7-3-5-13(10-18)16(20)21/h2,4,6,8,11,13H,3,5,7,10H2,1H3,(H,20,21). The van der Waals surface area contributed by atoms with Crippen LogP contribution in [0.15, 0.2) is 24.3 Å². The van der Waals surface area contributed by atoms with Crippen LogP contribution < -0.4 is 4.74 Å². The van der Waals surface area contributed by atoms with E-state index in [4.69, 9.17) is 15.1 Å². The van der Waals surface area contributed by atoms with Crippen LogP contribution in [0.4, 0.5) is 0 Å². The van der Waals surface area contributed by atoms with E-state index < -0.39 is 18.0 Å². The van der Waals surface area contributed by atoms with Gasteiger partial charge in [-0.15, -0.1) is 0 Å². The molecule has 1 aromatic rings. The predicted molar refractivity (Wildman–Crippen MR) is 78.2 cm³/mol. The van der Waals surface area contributed by atoms with Crippen LogP contribution in [0.1, 0.15) is 25.3 Å². The minimum Gasteiger partial charge on any atom is -0.481 e. The summed E-state index contributed by atoms with van der Waals surface area (Å²) in [6.07, 6.45) is 0.555. The molecule has 116 valence electrons. The topological polar surface area (TPSA) is 90.6 Å². The Morgan fingerprint density at radius 2 is 2.27 bits per heavy atom. The molecule has 1 aromatic carbocycles. The summed E-state index contributed by atoms with van der Waals surface area (Å²) in [6.45, 7) is 2.40. The summed E-state index contributed by atoms with van der Waals surface area (Å²) >= 11 is 0. The molecule has 2 atom stereocenters. The number of rotatable bonds is 4. The number of carboxylic acids is 1. The third-order valence-electron chi connectivity index (χ3n) is 3.71. The van der Waals surface area contributed by atoms with Crippen molar-refractivity contribution in [2.75, 3.05) is 13.1 Å². The fourth-order valence-electron chi connectivity index (χ4n) is 2.53. The lowest BCUT2D eigenvalue weighted by Gasteiger charge is -2.32. The monoisotopic (exact) mass is 302 g/mol. The van der Waals surface area contributed by atoms with E-state index >= 15 is 0 Å². The zero-order valence-electron chi connectivity index (χ0n) is 12.4. The van der Waals surface area contributed by atoms with Crippen LogP contribution in [-0.4, -0.2) is 41.1 Å². The molecule has 0 aromatic heterocycles. The number of carboxylic acid groups (broad SMARTS) is 1. The highest BCUT2D eigenvalue weighted by Gasteiger charge is 2.30. The van der Waals surface area contributed by atoms with Gasteiger partial charge in [-0.2, -0.15) is 5.26 Å². The maximum absolute atomic E-state index is 12.4. The number of aliphatic carboxylic acids is 1. The molecule has 1 amide bonds. The van der Waals surface area contributed by atoms with E-state index in [9.17, 15) is 9.59 Å². The van der Waals surface area contributed by atoms with Gasteiger partial charge in [0.25, 0.3) is 5.91 Å². The molecule has 0 bridgehead atoms. The number of carbonyl (C=O) groups excluding carboxylic acids is 1. The van der Waals surface area contributed by atoms with E-state index in [1.54, 1.807) is 36.1 Å². The number of nitriles is 1. The number of amides is 1. The number of benzene rings is 1. The Kier molecular flexibility index (Phi) is 4.99. The van der Waals surface area contributed by atoms with Gasteiger partial charge in [0.2, 0.25) is 0 Å². The van der Waals surface area contributed by atoms with Gasteiger partial charge in [0, 0.05) is 13.1 Å². The van der Waals surface area contributed by atoms with Crippen molar-refractivity contribution in [3.63, 3.8) is 0 Å². The van der Waals surface area contributed by atoms with Gasteiger partial charge in [-0.25, -0.2) is 0 Å². The zero-order chi connectivity index (χ0) is 16.1. The molecule has 6 nitrogen and oxygen atoms in total. The highest BCUT2D eigenvalue weighted by Crippen LogP contribution is 2.19. The maximum atomic E-state index is 12.4. The molecular weight excluding hydrogens is 284 g/mol. The summed E-state index contributed by atoms with van der Waals surface area (Å²) in [5, 5.41) is 17.9. The van der Waals surface area contributed by atoms with Crippen molar-refractivity contribution in [1.82, 2.24) is 4.90 Å². The lowest BCUT2D eigenvalue weighted by molar-refractivity contribution is -0.147. The lowest BCUT2D eigenvalue weighted by atomic mass is 9.98. The highest BCUT2D eigenvalue weighted by molar-refractivity contribution is 5.82. The number of ether oxygens (including phenoxy) is 1. The van der Waals surface area contributed by atoms with Gasteiger partial charge < -0.3 is 14.7 Å². The van der Waals surface area contributed by atoms with Gasteiger partial charge in [0.15, 0.2) is 6.10 Å². The second-order valence-corrected chi connectivity index (χ2v) is 5.36. The number of hydrogen-bond acceptors (Lipinski definition) is 4. The number of nitrogens with zero attached hydrogens (tertiary/aromatic N) is 2. The van der Waals surface area contributed by atoms with Crippen LogP contribution >= 0.6 is 0 Å². The van der Waals surface area contributed by atoms with Gasteiger partial charge in [0.1, 0.15) is 5.75 Å². The minimum atomic E-state index is -0.868. The Balaban J connectivity index is 1.99. The number of piperidine rings is 1. The van der Waals surface area contributed by atoms with Gasteiger partial charge in [-0.05, 0) is 38.0 Å². The van der Waals surface area contributed by atoms with Crippen molar-refractivity contribution in [2.45, 2.75) is 25.9 Å². The second kappa shape index (κ2) is 6.94. The third kappa shape index (κ3) is 3.76. The van der Waals surface area contributed by atoms with Crippen LogP contribution in [-0.2, 0) is 9.59 Å². The SMILES string of the molecule is CC(Oc1cccc(C#N)c1)C(=O)N1CCCC(C(=O)O)C1. The molecule has 1 aliphatic rings. The normalized spacial score (nSPS) is 19.1. The fraction of sp³-hybridized carbons (Fsp3) is 0.438. The Labute approximate surface area is 128 Å². The predicted octanol–water partition coefficient (Wildman–Crippen LogP) is 1.65. The number of likely N-dealkylation sites (tertiary alicyclic amines) is 1. The van der Waals surface area contributed by atoms with Gasteiger partial charge in [0.05, 0.1) is 17.6 Å². The molecule has 1 saturated heterocycles. The Bertz CT molecular complexity index is 608. The first-order chi connectivity index (χ1) is 10.5. The maximum Gasteiger partial charge on any atom is 0.308 e. The summed E-state index contributed by atoms with van der Waals surface area (Å²) in [5.74, 6) is -1.15. The summed E-state index contributed by atoms with van der Waals surface area (Å²) in [6, 6.07) is 8.60. The molecule has 2 rings (SSSR count). The van der Waals surface area contributed by atoms with Crippen LogP contribution in [0.3, 0.4) is 0 Å². The van der Waals surface area contributed by atoms with Crippen molar-refractivity contribution in [2.24, 2.45) is 5.92 Å². The highest BCUT2D eigenvalue weighted by atomic mass is 16.5. The molecule has 22 heavy (non-hydrogen) atoms. The molecule has 6 heteroatoms. The fourth-order valence-corrected chi connectivity index (χ4v) is 2.53. The van der Waals surface area contributed by atoms with Gasteiger partial charge in [-0.1, -0.05) is 6.07 Å². The molecular formula is C16H18N2O4. The van der Waals surface area contributed by atoms with E-state index in [1.807, 2.05) is 6.07 Å². The third-order valence-corrected chi connectivity index (χ3v) is 3.71. The molecule has 1 heterocycles. The first kappa shape index (κ1) is 15.8. The van der Waals surface area contributed by atoms with Crippen molar-refractivity contribution >= 4 is 11.9 Å². The van der Waals surface area contributed by atoms with Crippen LogP contribution in [0, 0.1) is 17.2 Å². The second-order valence-electron chi connectivity index (χ2n) is 5.36. The Morgan fingerprint density at radius 1 is 1.50 bits per heavy atom. The molecule has 1 aliphatic heterocycles. The zero-order valence-corrected chi connectivity index (χ0v) is 12.4. The van der Waals surface area contributed by atoms with Crippen molar-refractivity contribution in [3.05, 3.63) is 29.8 Å². The smallest absolute Gasteiger partial charge is 0.308 e. The van der Waals surface area contributed by atoms with Crippen molar-refractivity contribution < 1.29 is 19.4 Å². The van der Waals surface area contributed by atoms with Gasteiger partial charge >= 0.3 is 5.97 Å². The molecule has 0 aliphatic carbocycles.